The van der Waals surface area contributed by atoms with Crippen LogP contribution in [0.5, 0.6) is 5.75 Å². The number of sulfonamides is 1. The molecule has 0 unspecified atom stereocenters. The summed E-state index contributed by atoms with van der Waals surface area (Å²) < 4.78 is 66.1. The summed E-state index contributed by atoms with van der Waals surface area (Å²) in [5, 5.41) is 3.01. The van der Waals surface area contributed by atoms with Gasteiger partial charge >= 0.3 is 6.36 Å². The lowest BCUT2D eigenvalue weighted by Gasteiger charge is -2.12. The van der Waals surface area contributed by atoms with Crippen LogP contribution in [0.15, 0.2) is 29.2 Å². The molecular weight excluding hydrogens is 309 g/mol. The lowest BCUT2D eigenvalue weighted by Crippen LogP contribution is -2.34. The molecule has 0 fully saturated rings. The van der Waals surface area contributed by atoms with Crippen molar-refractivity contribution in [1.29, 1.82) is 0 Å². The van der Waals surface area contributed by atoms with Gasteiger partial charge < -0.3 is 10.1 Å². The van der Waals surface area contributed by atoms with Crippen molar-refractivity contribution >= 4 is 10.0 Å². The Morgan fingerprint density at radius 3 is 2.48 bits per heavy atom. The van der Waals surface area contributed by atoms with E-state index in [9.17, 15) is 21.6 Å². The van der Waals surface area contributed by atoms with Gasteiger partial charge in [0, 0.05) is 25.2 Å². The van der Waals surface area contributed by atoms with Gasteiger partial charge in [0.05, 0.1) is 4.90 Å². The molecule has 0 radical (unpaired) electrons. The Labute approximate surface area is 121 Å². The normalized spacial score (nSPS) is 12.7. The number of rotatable bonds is 7. The maximum absolute atomic E-state index is 12.1. The van der Waals surface area contributed by atoms with Gasteiger partial charge in [0.25, 0.3) is 0 Å². The summed E-state index contributed by atoms with van der Waals surface area (Å²) in [5.41, 5.74) is 0. The fourth-order valence-electron chi connectivity index (χ4n) is 1.47. The van der Waals surface area contributed by atoms with Gasteiger partial charge in [-0.25, -0.2) is 13.1 Å². The minimum absolute atomic E-state index is 0.130. The summed E-state index contributed by atoms with van der Waals surface area (Å²) in [6, 6.07) is 4.44. The minimum Gasteiger partial charge on any atom is -0.406 e. The fourth-order valence-corrected chi connectivity index (χ4v) is 2.53. The zero-order valence-electron chi connectivity index (χ0n) is 11.6. The summed E-state index contributed by atoms with van der Waals surface area (Å²) >= 11 is 0. The van der Waals surface area contributed by atoms with E-state index in [1.807, 2.05) is 13.8 Å². The number of nitrogens with one attached hydrogen (secondary N) is 2. The molecule has 1 aromatic rings. The smallest absolute Gasteiger partial charge is 0.406 e. The topological polar surface area (TPSA) is 67.4 Å². The van der Waals surface area contributed by atoms with Crippen LogP contribution in [0.4, 0.5) is 13.2 Å². The molecule has 1 aromatic carbocycles. The van der Waals surface area contributed by atoms with E-state index in [0.717, 1.165) is 12.1 Å². The maximum atomic E-state index is 12.1. The molecule has 0 atom stereocenters. The molecule has 120 valence electrons. The Hall–Kier alpha value is -1.32. The average molecular weight is 326 g/mol. The van der Waals surface area contributed by atoms with Gasteiger partial charge in [0.1, 0.15) is 5.75 Å². The average Bonchev–Trinajstić information content (AvgIpc) is 2.33. The van der Waals surface area contributed by atoms with E-state index in [4.69, 9.17) is 0 Å². The SMILES string of the molecule is CC(C)NCCNS(=O)(=O)c1cccc(OC(F)(F)F)c1. The highest BCUT2D eigenvalue weighted by molar-refractivity contribution is 7.89. The zero-order chi connectivity index (χ0) is 16.1. The van der Waals surface area contributed by atoms with Crippen LogP contribution < -0.4 is 14.8 Å². The lowest BCUT2D eigenvalue weighted by molar-refractivity contribution is -0.274. The molecule has 0 saturated heterocycles. The van der Waals surface area contributed by atoms with Gasteiger partial charge in [0.15, 0.2) is 0 Å². The molecule has 0 aliphatic carbocycles. The molecule has 0 aliphatic rings. The van der Waals surface area contributed by atoms with E-state index >= 15 is 0 Å². The van der Waals surface area contributed by atoms with Gasteiger partial charge in [-0.05, 0) is 12.1 Å². The van der Waals surface area contributed by atoms with Crippen molar-refractivity contribution in [2.24, 2.45) is 0 Å². The Bertz CT molecular complexity index is 559. The molecule has 0 aromatic heterocycles. The Morgan fingerprint density at radius 2 is 1.90 bits per heavy atom. The van der Waals surface area contributed by atoms with Crippen LogP contribution in [-0.2, 0) is 10.0 Å². The molecule has 0 bridgehead atoms. The molecule has 1 rings (SSSR count). The number of halogens is 3. The highest BCUT2D eigenvalue weighted by Crippen LogP contribution is 2.24. The molecule has 5 nitrogen and oxygen atoms in total. The summed E-state index contributed by atoms with van der Waals surface area (Å²) in [4.78, 5) is -0.284. The molecule has 0 amide bonds. The predicted molar refractivity (Wildman–Crippen MR) is 71.5 cm³/mol. The number of benzene rings is 1. The zero-order valence-corrected chi connectivity index (χ0v) is 12.4. The van der Waals surface area contributed by atoms with Crippen LogP contribution in [0.1, 0.15) is 13.8 Å². The highest BCUT2D eigenvalue weighted by Gasteiger charge is 2.31. The van der Waals surface area contributed by atoms with Crippen LogP contribution in [0.3, 0.4) is 0 Å². The third-order valence-electron chi connectivity index (χ3n) is 2.32. The van der Waals surface area contributed by atoms with Crippen LogP contribution in [0, 0.1) is 0 Å². The number of ether oxygens (including phenoxy) is 1. The molecule has 0 heterocycles. The summed E-state index contributed by atoms with van der Waals surface area (Å²) in [5.74, 6) is -0.578. The van der Waals surface area contributed by atoms with Crippen molar-refractivity contribution in [3.8, 4) is 5.75 Å². The molecule has 2 N–H and O–H groups in total. The first-order valence-electron chi connectivity index (χ1n) is 6.19. The Morgan fingerprint density at radius 1 is 1.24 bits per heavy atom. The van der Waals surface area contributed by atoms with Crippen molar-refractivity contribution < 1.29 is 26.3 Å². The first-order chi connectivity index (χ1) is 9.60. The molecule has 21 heavy (non-hydrogen) atoms. The third kappa shape index (κ3) is 6.78. The maximum Gasteiger partial charge on any atom is 0.573 e. The lowest BCUT2D eigenvalue weighted by atomic mass is 10.3. The van der Waals surface area contributed by atoms with E-state index in [1.165, 1.54) is 12.1 Å². The number of hydrogen-bond donors (Lipinski definition) is 2. The van der Waals surface area contributed by atoms with E-state index < -0.39 is 22.1 Å². The minimum atomic E-state index is -4.86. The van der Waals surface area contributed by atoms with Crippen molar-refractivity contribution in [2.75, 3.05) is 13.1 Å². The van der Waals surface area contributed by atoms with Gasteiger partial charge in [-0.3, -0.25) is 0 Å². The largest absolute Gasteiger partial charge is 0.573 e. The first kappa shape index (κ1) is 17.7. The predicted octanol–water partition coefficient (Wildman–Crippen LogP) is 1.86. The van der Waals surface area contributed by atoms with Crippen LogP contribution >= 0.6 is 0 Å². The van der Waals surface area contributed by atoms with Crippen LogP contribution in [-0.4, -0.2) is 33.9 Å². The second-order valence-corrected chi connectivity index (χ2v) is 6.30. The summed E-state index contributed by atoms with van der Waals surface area (Å²) in [7, 11) is -3.87. The molecule has 9 heteroatoms. The van der Waals surface area contributed by atoms with Gasteiger partial charge in [-0.15, -0.1) is 13.2 Å². The van der Waals surface area contributed by atoms with E-state index in [1.54, 1.807) is 0 Å². The quantitative estimate of drug-likeness (QED) is 0.751. The van der Waals surface area contributed by atoms with Gasteiger partial charge in [-0.2, -0.15) is 0 Å². The second kappa shape index (κ2) is 7.10. The van der Waals surface area contributed by atoms with Crippen molar-refractivity contribution in [3.05, 3.63) is 24.3 Å². The van der Waals surface area contributed by atoms with Crippen molar-refractivity contribution in [2.45, 2.75) is 31.1 Å². The van der Waals surface area contributed by atoms with Gasteiger partial charge in [0.2, 0.25) is 10.0 Å². The van der Waals surface area contributed by atoms with E-state index in [-0.39, 0.29) is 17.5 Å². The van der Waals surface area contributed by atoms with E-state index in [2.05, 4.69) is 14.8 Å². The Kier molecular flexibility index (Phi) is 5.99. The fraction of sp³-hybridized carbons (Fsp3) is 0.500. The monoisotopic (exact) mass is 326 g/mol. The van der Waals surface area contributed by atoms with Gasteiger partial charge in [-0.1, -0.05) is 19.9 Å². The molecular formula is C12H17F3N2O3S. The van der Waals surface area contributed by atoms with Crippen LogP contribution in [0.25, 0.3) is 0 Å². The standard InChI is InChI=1S/C12H17F3N2O3S/c1-9(2)16-6-7-17-21(18,19)11-5-3-4-10(8-11)20-12(13,14)15/h3-5,8-9,16-17H,6-7H2,1-2H3. The van der Waals surface area contributed by atoms with Crippen molar-refractivity contribution in [3.63, 3.8) is 0 Å². The van der Waals surface area contributed by atoms with E-state index in [0.29, 0.717) is 6.54 Å². The number of hydrogen-bond acceptors (Lipinski definition) is 4. The summed E-state index contributed by atoms with van der Waals surface area (Å²) in [6.07, 6.45) is -4.86. The molecule has 0 aliphatic heterocycles. The third-order valence-corrected chi connectivity index (χ3v) is 3.78. The second-order valence-electron chi connectivity index (χ2n) is 4.53. The highest BCUT2D eigenvalue weighted by atomic mass is 32.2. The van der Waals surface area contributed by atoms with Crippen LogP contribution in [0.2, 0.25) is 0 Å². The summed E-state index contributed by atoms with van der Waals surface area (Å²) in [6.45, 7) is 4.36. The van der Waals surface area contributed by atoms with Crippen molar-refractivity contribution in [1.82, 2.24) is 10.0 Å². The number of alkyl halides is 3. The first-order valence-corrected chi connectivity index (χ1v) is 7.67. The molecule has 0 spiro atoms. The molecule has 0 saturated carbocycles. The Balaban J connectivity index is 2.72.